The highest BCUT2D eigenvalue weighted by molar-refractivity contribution is 7.79. The number of anilines is 2. The lowest BCUT2D eigenvalue weighted by Crippen LogP contribution is -2.42. The molecule has 0 aromatic heterocycles. The van der Waals surface area contributed by atoms with Gasteiger partial charge in [0, 0.05) is 4.90 Å². The number of nitrogens with one attached hydrogen (secondary N) is 1. The van der Waals surface area contributed by atoms with Gasteiger partial charge in [0.25, 0.3) is 5.91 Å². The largest absolute Gasteiger partial charge is 0.768 e. The molecule has 0 spiro atoms. The average Bonchev–Trinajstić information content (AvgIpc) is 2.49. The Balaban J connectivity index is 1.94. The fourth-order valence-electron chi connectivity index (χ4n) is 2.61. The van der Waals surface area contributed by atoms with E-state index in [0.29, 0.717) is 28.4 Å². The van der Waals surface area contributed by atoms with Crippen molar-refractivity contribution in [1.29, 1.82) is 0 Å². The van der Waals surface area contributed by atoms with Crippen LogP contribution >= 0.6 is 0 Å². The van der Waals surface area contributed by atoms with Crippen LogP contribution in [0.3, 0.4) is 0 Å². The van der Waals surface area contributed by atoms with Gasteiger partial charge in [0.2, 0.25) is 0 Å². The number of hydrogen-bond acceptors (Lipinski definition) is 5. The summed E-state index contributed by atoms with van der Waals surface area (Å²) in [5, 5.41) is 2.77. The van der Waals surface area contributed by atoms with E-state index in [1.807, 2.05) is 4.90 Å². The molecule has 1 N–H and O–H groups in total. The smallest absolute Gasteiger partial charge is 0.254 e. The Bertz CT molecular complexity index is 806. The molecule has 0 aliphatic carbocycles. The molecule has 4 rings (SSSR count). The molecule has 2 aliphatic heterocycles. The maximum Gasteiger partial charge on any atom is 0.254 e. The zero-order valence-electron chi connectivity index (χ0n) is 10.7. The Morgan fingerprint density at radius 3 is 2.90 bits per heavy atom. The van der Waals surface area contributed by atoms with Gasteiger partial charge in [0.15, 0.2) is 11.5 Å². The van der Waals surface area contributed by atoms with Crippen molar-refractivity contribution < 1.29 is 18.3 Å². The van der Waals surface area contributed by atoms with E-state index in [1.165, 1.54) is 12.1 Å². The van der Waals surface area contributed by atoms with Gasteiger partial charge in [-0.1, -0.05) is 6.07 Å². The molecule has 1 atom stereocenters. The van der Waals surface area contributed by atoms with Crippen molar-refractivity contribution in [1.82, 2.24) is 5.32 Å². The summed E-state index contributed by atoms with van der Waals surface area (Å²) in [4.78, 5) is 13.9. The fraction of sp³-hybridized carbons (Fsp3) is 0.0714. The number of hydrogen-bond donors (Lipinski definition) is 1. The van der Waals surface area contributed by atoms with Gasteiger partial charge < -0.3 is 19.5 Å². The van der Waals surface area contributed by atoms with Crippen LogP contribution in [-0.2, 0) is 11.1 Å². The summed E-state index contributed by atoms with van der Waals surface area (Å²) in [6.45, 7) is 0.272. The zero-order valence-corrected chi connectivity index (χ0v) is 11.5. The first-order chi connectivity index (χ1) is 10.1. The number of benzene rings is 2. The topological polar surface area (TPSA) is 81.7 Å². The number of ether oxygens (including phenoxy) is 1. The number of rotatable bonds is 1. The van der Waals surface area contributed by atoms with Gasteiger partial charge in [-0.05, 0) is 41.4 Å². The molecule has 1 amide bonds. The minimum atomic E-state index is -2.32. The molecule has 2 heterocycles. The number of fused-ring (bicyclic) bond motifs is 2. The van der Waals surface area contributed by atoms with Crippen molar-refractivity contribution in [3.05, 3.63) is 42.0 Å². The number of carbonyl (C=O) groups excluding carboxylic acids is 1. The van der Waals surface area contributed by atoms with Crippen LogP contribution in [0.1, 0.15) is 10.4 Å². The summed E-state index contributed by atoms with van der Waals surface area (Å²) < 4.78 is 28.0. The van der Waals surface area contributed by atoms with Gasteiger partial charge in [-0.25, -0.2) is 0 Å². The van der Waals surface area contributed by atoms with Crippen molar-refractivity contribution in [2.75, 3.05) is 11.6 Å². The van der Waals surface area contributed by atoms with Gasteiger partial charge in [0.05, 0.1) is 23.6 Å². The van der Waals surface area contributed by atoms with E-state index in [1.54, 1.807) is 24.3 Å². The highest BCUT2D eigenvalue weighted by atomic mass is 32.2. The lowest BCUT2D eigenvalue weighted by Gasteiger charge is -2.37. The standard InChI is InChI=1S/C14H10N2O4S/c17-14-9-2-1-3-12-13(9)16(7-15-14)10-6-8(21(18)19)4-5-11(10)20-12/h1-6H,7H2,(H,15,17)(H,18,19)/p-1. The highest BCUT2D eigenvalue weighted by Crippen LogP contribution is 2.49. The molecule has 1 unspecified atom stereocenters. The van der Waals surface area contributed by atoms with Crippen LogP contribution in [0.25, 0.3) is 0 Å². The van der Waals surface area contributed by atoms with E-state index in [4.69, 9.17) is 4.74 Å². The Kier molecular flexibility index (Phi) is 2.54. The summed E-state index contributed by atoms with van der Waals surface area (Å²) in [6, 6.07) is 9.89. The zero-order chi connectivity index (χ0) is 14.6. The molecule has 2 aromatic carbocycles. The molecule has 106 valence electrons. The summed E-state index contributed by atoms with van der Waals surface area (Å²) in [5.74, 6) is 0.981. The third-order valence-electron chi connectivity index (χ3n) is 3.54. The van der Waals surface area contributed by atoms with Gasteiger partial charge in [0.1, 0.15) is 0 Å². The first-order valence-corrected chi connectivity index (χ1v) is 7.32. The van der Waals surface area contributed by atoms with Crippen LogP contribution in [0.2, 0.25) is 0 Å². The van der Waals surface area contributed by atoms with Crippen LogP contribution in [0.5, 0.6) is 11.5 Å². The second kappa shape index (κ2) is 4.31. The molecule has 0 radical (unpaired) electrons. The molecular formula is C14H9N2O4S-. The minimum absolute atomic E-state index is 0.168. The SMILES string of the molecule is O=C1NCN2c3cc(S(=O)[O-])ccc3Oc3cccc1c32. The molecule has 7 heteroatoms. The molecule has 0 saturated carbocycles. The lowest BCUT2D eigenvalue weighted by molar-refractivity contribution is 0.0948. The number of amides is 1. The predicted octanol–water partition coefficient (Wildman–Crippen LogP) is 1.87. The highest BCUT2D eigenvalue weighted by Gasteiger charge is 2.32. The fourth-order valence-corrected chi connectivity index (χ4v) is 3.00. The molecule has 2 aliphatic rings. The molecule has 0 bridgehead atoms. The third kappa shape index (κ3) is 1.75. The molecule has 0 fully saturated rings. The molecule has 21 heavy (non-hydrogen) atoms. The summed E-state index contributed by atoms with van der Waals surface area (Å²) in [5.41, 5.74) is 1.80. The van der Waals surface area contributed by atoms with Crippen molar-refractivity contribution in [2.24, 2.45) is 0 Å². The molecular weight excluding hydrogens is 292 g/mol. The number of carbonyl (C=O) groups is 1. The van der Waals surface area contributed by atoms with E-state index in [-0.39, 0.29) is 17.5 Å². The monoisotopic (exact) mass is 301 g/mol. The van der Waals surface area contributed by atoms with Crippen molar-refractivity contribution in [3.63, 3.8) is 0 Å². The van der Waals surface area contributed by atoms with Crippen molar-refractivity contribution in [2.45, 2.75) is 4.90 Å². The van der Waals surface area contributed by atoms with E-state index in [9.17, 15) is 13.6 Å². The molecule has 2 aromatic rings. The van der Waals surface area contributed by atoms with Gasteiger partial charge in [-0.2, -0.15) is 0 Å². The van der Waals surface area contributed by atoms with E-state index < -0.39 is 11.1 Å². The third-order valence-corrected chi connectivity index (χ3v) is 4.18. The maximum absolute atomic E-state index is 11.9. The maximum atomic E-state index is 11.9. The lowest BCUT2D eigenvalue weighted by atomic mass is 10.1. The van der Waals surface area contributed by atoms with Gasteiger partial charge in [-0.15, -0.1) is 0 Å². The second-order valence-corrected chi connectivity index (χ2v) is 5.65. The van der Waals surface area contributed by atoms with Crippen molar-refractivity contribution >= 4 is 28.4 Å². The Morgan fingerprint density at radius 2 is 2.10 bits per heavy atom. The van der Waals surface area contributed by atoms with Crippen LogP contribution in [0.15, 0.2) is 41.3 Å². The van der Waals surface area contributed by atoms with E-state index >= 15 is 0 Å². The summed E-state index contributed by atoms with van der Waals surface area (Å²) >= 11 is -2.32. The summed E-state index contributed by atoms with van der Waals surface area (Å²) in [6.07, 6.45) is 0. The second-order valence-electron chi connectivity index (χ2n) is 4.71. The van der Waals surface area contributed by atoms with Crippen LogP contribution < -0.4 is 15.0 Å². The van der Waals surface area contributed by atoms with E-state index in [0.717, 1.165) is 0 Å². The summed E-state index contributed by atoms with van der Waals surface area (Å²) in [7, 11) is 0. The number of para-hydroxylation sites is 1. The minimum Gasteiger partial charge on any atom is -0.768 e. The van der Waals surface area contributed by atoms with E-state index in [2.05, 4.69) is 5.32 Å². The normalized spacial score (nSPS) is 16.4. The molecule has 6 nitrogen and oxygen atoms in total. The van der Waals surface area contributed by atoms with Crippen molar-refractivity contribution in [3.8, 4) is 11.5 Å². The van der Waals surface area contributed by atoms with Crippen LogP contribution in [0.4, 0.5) is 11.4 Å². The van der Waals surface area contributed by atoms with Crippen LogP contribution in [0, 0.1) is 0 Å². The predicted molar refractivity (Wildman–Crippen MR) is 74.6 cm³/mol. The Hall–Kier alpha value is -2.38. The quantitative estimate of drug-likeness (QED) is 0.813. The number of nitrogens with zero attached hydrogens (tertiary/aromatic N) is 1. The first-order valence-electron chi connectivity index (χ1n) is 6.25. The van der Waals surface area contributed by atoms with Gasteiger partial charge in [-0.3, -0.25) is 9.00 Å². The Morgan fingerprint density at radius 1 is 1.24 bits per heavy atom. The first kappa shape index (κ1) is 12.4. The average molecular weight is 301 g/mol. The molecule has 0 saturated heterocycles. The van der Waals surface area contributed by atoms with Gasteiger partial charge >= 0.3 is 0 Å². The Labute approximate surface area is 122 Å². The van der Waals surface area contributed by atoms with Crippen LogP contribution in [-0.4, -0.2) is 21.3 Å².